The Hall–Kier alpha value is -2.00. The SMILES string of the molecule is CC.CO[n+]1ccccc1-c1cc2cc(Cl)ccc2n1C. The number of aryl methyl sites for hydroxylation is 1. The number of fused-ring (bicyclic) bond motifs is 1. The average molecular weight is 304 g/mol. The van der Waals surface area contributed by atoms with Gasteiger partial charge in [-0.25, -0.2) is 0 Å². The fraction of sp³-hybridized carbons (Fsp3) is 0.235. The minimum Gasteiger partial charge on any atom is -0.339 e. The van der Waals surface area contributed by atoms with Crippen molar-refractivity contribution in [3.63, 3.8) is 0 Å². The number of benzene rings is 1. The zero-order chi connectivity index (χ0) is 15.4. The largest absolute Gasteiger partial charge is 0.339 e. The van der Waals surface area contributed by atoms with E-state index in [4.69, 9.17) is 16.4 Å². The molecule has 0 amide bonds. The first-order chi connectivity index (χ1) is 10.2. The Bertz CT molecular complexity index is 750. The summed E-state index contributed by atoms with van der Waals surface area (Å²) in [5.74, 6) is 0. The molecule has 110 valence electrons. The van der Waals surface area contributed by atoms with E-state index >= 15 is 0 Å². The van der Waals surface area contributed by atoms with Gasteiger partial charge < -0.3 is 4.57 Å². The highest BCUT2D eigenvalue weighted by atomic mass is 35.5. The number of aromatic nitrogens is 2. The van der Waals surface area contributed by atoms with Gasteiger partial charge in [0, 0.05) is 39.8 Å². The molecule has 0 N–H and O–H groups in total. The molecule has 0 fully saturated rings. The molecule has 2 aromatic heterocycles. The van der Waals surface area contributed by atoms with E-state index in [1.807, 2.05) is 63.5 Å². The van der Waals surface area contributed by atoms with Crippen LogP contribution in [0.4, 0.5) is 0 Å². The van der Waals surface area contributed by atoms with Crippen molar-refractivity contribution in [2.75, 3.05) is 7.11 Å². The van der Waals surface area contributed by atoms with Gasteiger partial charge in [0.1, 0.15) is 12.8 Å². The maximum Gasteiger partial charge on any atom is 0.280 e. The van der Waals surface area contributed by atoms with Crippen LogP contribution in [0.25, 0.3) is 22.3 Å². The van der Waals surface area contributed by atoms with Gasteiger partial charge >= 0.3 is 0 Å². The zero-order valence-corrected chi connectivity index (χ0v) is 13.6. The average Bonchev–Trinajstić information content (AvgIpc) is 2.85. The maximum absolute atomic E-state index is 6.05. The van der Waals surface area contributed by atoms with Crippen LogP contribution >= 0.6 is 11.6 Å². The van der Waals surface area contributed by atoms with Crippen molar-refractivity contribution in [2.24, 2.45) is 7.05 Å². The first-order valence-electron chi connectivity index (χ1n) is 7.01. The van der Waals surface area contributed by atoms with Gasteiger partial charge in [0.2, 0.25) is 6.20 Å². The summed E-state index contributed by atoms with van der Waals surface area (Å²) in [7, 11) is 3.70. The Labute approximate surface area is 130 Å². The van der Waals surface area contributed by atoms with Crippen LogP contribution in [0.15, 0.2) is 48.7 Å². The lowest BCUT2D eigenvalue weighted by Gasteiger charge is -2.02. The van der Waals surface area contributed by atoms with Gasteiger partial charge in [-0.2, -0.15) is 0 Å². The minimum absolute atomic E-state index is 0.748. The molecular weight excluding hydrogens is 284 g/mol. The second kappa shape index (κ2) is 6.64. The Kier molecular flexibility index (Phi) is 4.86. The summed E-state index contributed by atoms with van der Waals surface area (Å²) in [4.78, 5) is 5.35. The Balaban J connectivity index is 0.000000774. The predicted molar refractivity (Wildman–Crippen MR) is 87.4 cm³/mol. The summed E-state index contributed by atoms with van der Waals surface area (Å²) in [6.45, 7) is 4.00. The van der Waals surface area contributed by atoms with Gasteiger partial charge in [0.05, 0.1) is 0 Å². The molecule has 0 bridgehead atoms. The van der Waals surface area contributed by atoms with E-state index in [0.717, 1.165) is 27.3 Å². The lowest BCUT2D eigenvalue weighted by Crippen LogP contribution is -2.42. The molecule has 1 aromatic carbocycles. The van der Waals surface area contributed by atoms with Crippen LogP contribution in [0.2, 0.25) is 5.02 Å². The second-order valence-corrected chi connectivity index (χ2v) is 4.82. The lowest BCUT2D eigenvalue weighted by atomic mass is 10.2. The van der Waals surface area contributed by atoms with E-state index in [0.29, 0.717) is 0 Å². The molecular formula is C17H20ClN2O+. The summed E-state index contributed by atoms with van der Waals surface area (Å²) in [6, 6.07) is 14.0. The fourth-order valence-corrected chi connectivity index (χ4v) is 2.53. The van der Waals surface area contributed by atoms with E-state index in [1.54, 1.807) is 11.8 Å². The molecule has 0 spiro atoms. The smallest absolute Gasteiger partial charge is 0.280 e. The number of rotatable bonds is 2. The summed E-state index contributed by atoms with van der Waals surface area (Å²) in [5.41, 5.74) is 3.23. The third-order valence-corrected chi connectivity index (χ3v) is 3.52. The normalized spacial score (nSPS) is 10.1. The summed E-state index contributed by atoms with van der Waals surface area (Å²) in [5, 5.41) is 1.87. The second-order valence-electron chi connectivity index (χ2n) is 4.39. The van der Waals surface area contributed by atoms with Crippen LogP contribution in [0.5, 0.6) is 0 Å². The number of nitrogens with zero attached hydrogens (tertiary/aromatic N) is 2. The Morgan fingerprint density at radius 1 is 1.10 bits per heavy atom. The number of pyridine rings is 1. The molecule has 4 heteroatoms. The minimum atomic E-state index is 0.748. The lowest BCUT2D eigenvalue weighted by molar-refractivity contribution is -0.877. The molecule has 0 aliphatic rings. The quantitative estimate of drug-likeness (QED) is 0.657. The van der Waals surface area contributed by atoms with Crippen molar-refractivity contribution < 1.29 is 9.57 Å². The molecule has 0 radical (unpaired) electrons. The van der Waals surface area contributed by atoms with Crippen LogP contribution in [-0.2, 0) is 7.05 Å². The van der Waals surface area contributed by atoms with E-state index in [1.165, 1.54) is 0 Å². The van der Waals surface area contributed by atoms with Crippen molar-refractivity contribution >= 4 is 22.5 Å². The van der Waals surface area contributed by atoms with Crippen molar-refractivity contribution in [1.82, 2.24) is 4.57 Å². The highest BCUT2D eigenvalue weighted by molar-refractivity contribution is 6.31. The molecule has 0 aliphatic heterocycles. The molecule has 0 aliphatic carbocycles. The molecule has 0 saturated carbocycles. The standard InChI is InChI=1S/C15H14ClN2O.C2H6/c1-17-13-7-6-12(16)9-11(13)10-15(17)14-5-3-4-8-18(14)19-2;1-2/h3-10H,1-2H3;1-2H3/q+1;. The molecule has 0 unspecified atom stereocenters. The van der Waals surface area contributed by atoms with E-state index < -0.39 is 0 Å². The zero-order valence-electron chi connectivity index (χ0n) is 12.8. The molecule has 3 rings (SSSR count). The molecule has 21 heavy (non-hydrogen) atoms. The van der Waals surface area contributed by atoms with Gasteiger partial charge in [-0.1, -0.05) is 25.4 Å². The van der Waals surface area contributed by atoms with Crippen LogP contribution in [-0.4, -0.2) is 11.7 Å². The molecule has 3 aromatic rings. The molecule has 3 nitrogen and oxygen atoms in total. The fourth-order valence-electron chi connectivity index (χ4n) is 2.35. The van der Waals surface area contributed by atoms with Crippen molar-refractivity contribution in [1.29, 1.82) is 0 Å². The Morgan fingerprint density at radius 2 is 1.86 bits per heavy atom. The number of hydrogen-bond donors (Lipinski definition) is 0. The highest BCUT2D eigenvalue weighted by Crippen LogP contribution is 2.27. The summed E-state index contributed by atoms with van der Waals surface area (Å²) >= 11 is 6.05. The van der Waals surface area contributed by atoms with Crippen LogP contribution in [0.3, 0.4) is 0 Å². The summed E-state index contributed by atoms with van der Waals surface area (Å²) in [6.07, 6.45) is 1.89. The van der Waals surface area contributed by atoms with Gasteiger partial charge in [0.25, 0.3) is 5.69 Å². The van der Waals surface area contributed by atoms with Gasteiger partial charge in [-0.15, -0.1) is 0 Å². The third kappa shape index (κ3) is 2.88. The Morgan fingerprint density at radius 3 is 2.57 bits per heavy atom. The van der Waals surface area contributed by atoms with Gasteiger partial charge in [0.15, 0.2) is 0 Å². The highest BCUT2D eigenvalue weighted by Gasteiger charge is 2.18. The number of halogens is 1. The van der Waals surface area contributed by atoms with Gasteiger partial charge in [-0.3, -0.25) is 4.84 Å². The maximum atomic E-state index is 6.05. The van der Waals surface area contributed by atoms with E-state index in [-0.39, 0.29) is 0 Å². The monoisotopic (exact) mass is 303 g/mol. The third-order valence-electron chi connectivity index (χ3n) is 3.29. The predicted octanol–water partition coefficient (Wildman–Crippen LogP) is 3.87. The first-order valence-corrected chi connectivity index (χ1v) is 7.39. The molecule has 2 heterocycles. The van der Waals surface area contributed by atoms with Crippen molar-refractivity contribution in [3.05, 3.63) is 53.7 Å². The van der Waals surface area contributed by atoms with E-state index in [9.17, 15) is 0 Å². The first kappa shape index (κ1) is 15.4. The molecule has 0 atom stereocenters. The summed E-state index contributed by atoms with van der Waals surface area (Å²) < 4.78 is 3.88. The van der Waals surface area contributed by atoms with Crippen LogP contribution in [0.1, 0.15) is 13.8 Å². The van der Waals surface area contributed by atoms with Gasteiger partial charge in [-0.05, 0) is 30.3 Å². The van der Waals surface area contributed by atoms with Crippen molar-refractivity contribution in [2.45, 2.75) is 13.8 Å². The topological polar surface area (TPSA) is 18.0 Å². The van der Waals surface area contributed by atoms with Crippen molar-refractivity contribution in [3.8, 4) is 11.4 Å². The number of hydrogen-bond acceptors (Lipinski definition) is 1. The van der Waals surface area contributed by atoms with Crippen LogP contribution in [0, 0.1) is 0 Å². The van der Waals surface area contributed by atoms with E-state index in [2.05, 4.69) is 10.6 Å². The van der Waals surface area contributed by atoms with Crippen LogP contribution < -0.4 is 9.57 Å². The molecule has 0 saturated heterocycles.